The SMILES string of the molecule is CN(c1ccc(NCC2CCOCC2)c([As])c1)S(=O)(=O)c1ccccc1. The molecule has 0 aliphatic carbocycles. The van der Waals surface area contributed by atoms with Crippen LogP contribution in [0.1, 0.15) is 12.8 Å². The Kier molecular flexibility index (Phi) is 6.28. The third kappa shape index (κ3) is 4.43. The van der Waals surface area contributed by atoms with Gasteiger partial charge in [-0.1, -0.05) is 0 Å². The standard InChI is InChI=1S/C19H23AsN2O3S/c1-22(26(23,24)17-5-3-2-4-6-17)16-7-8-19(18(20)13-16)21-14-15-9-11-25-12-10-15/h2-8,13,15,21H,9-12,14H2,1H3. The van der Waals surface area contributed by atoms with Crippen LogP contribution in [-0.2, 0) is 14.8 Å². The molecule has 2 aromatic rings. The number of benzene rings is 2. The quantitative estimate of drug-likeness (QED) is 0.708. The Balaban J connectivity index is 1.72. The van der Waals surface area contributed by atoms with Crippen LogP contribution in [0.15, 0.2) is 53.4 Å². The summed E-state index contributed by atoms with van der Waals surface area (Å²) in [4.78, 5) is 0.288. The van der Waals surface area contributed by atoms with Gasteiger partial charge in [-0.2, -0.15) is 0 Å². The number of sulfonamides is 1. The van der Waals surface area contributed by atoms with E-state index in [9.17, 15) is 8.42 Å². The van der Waals surface area contributed by atoms with Crippen LogP contribution in [0.3, 0.4) is 0 Å². The molecular formula is C19H23AsN2O3S. The van der Waals surface area contributed by atoms with Crippen molar-refractivity contribution in [2.45, 2.75) is 17.7 Å². The van der Waals surface area contributed by atoms with Crippen LogP contribution in [0.5, 0.6) is 0 Å². The summed E-state index contributed by atoms with van der Waals surface area (Å²) < 4.78 is 33.2. The van der Waals surface area contributed by atoms with E-state index in [0.29, 0.717) is 11.6 Å². The first-order chi connectivity index (χ1) is 12.5. The zero-order chi connectivity index (χ0) is 18.6. The fourth-order valence-corrected chi connectivity index (χ4v) is 4.77. The Bertz CT molecular complexity index is 837. The second-order valence-corrected chi connectivity index (χ2v) is 9.40. The predicted molar refractivity (Wildman–Crippen MR) is 106 cm³/mol. The van der Waals surface area contributed by atoms with Crippen LogP contribution in [0.25, 0.3) is 0 Å². The number of ether oxygens (including phenoxy) is 1. The molecule has 1 aliphatic rings. The van der Waals surface area contributed by atoms with Crippen molar-refractivity contribution in [3.05, 3.63) is 48.5 Å². The molecule has 1 aliphatic heterocycles. The molecule has 1 N–H and O–H groups in total. The van der Waals surface area contributed by atoms with Gasteiger partial charge in [0, 0.05) is 0 Å². The average Bonchev–Trinajstić information content (AvgIpc) is 2.68. The normalized spacial score (nSPS) is 15.6. The van der Waals surface area contributed by atoms with Gasteiger partial charge in [0.2, 0.25) is 0 Å². The first-order valence-corrected chi connectivity index (χ1v) is 11.0. The molecule has 5 nitrogen and oxygen atoms in total. The van der Waals surface area contributed by atoms with E-state index in [0.717, 1.165) is 42.6 Å². The van der Waals surface area contributed by atoms with Gasteiger partial charge in [-0.05, 0) is 0 Å². The molecule has 1 heterocycles. The summed E-state index contributed by atoms with van der Waals surface area (Å²) in [6.07, 6.45) is 2.16. The number of anilines is 2. The second kappa shape index (κ2) is 8.47. The van der Waals surface area contributed by atoms with E-state index < -0.39 is 10.0 Å². The van der Waals surface area contributed by atoms with E-state index in [1.54, 1.807) is 37.4 Å². The van der Waals surface area contributed by atoms with Gasteiger partial charge in [-0.3, -0.25) is 0 Å². The van der Waals surface area contributed by atoms with Gasteiger partial charge >= 0.3 is 164 Å². The maximum absolute atomic E-state index is 12.8. The molecule has 0 unspecified atom stereocenters. The molecule has 3 rings (SSSR count). The summed E-state index contributed by atoms with van der Waals surface area (Å²) in [5.74, 6) is 0.622. The second-order valence-electron chi connectivity index (χ2n) is 6.42. The molecule has 1 fully saturated rings. The van der Waals surface area contributed by atoms with Crippen LogP contribution in [-0.4, -0.2) is 52.1 Å². The molecule has 26 heavy (non-hydrogen) atoms. The Morgan fingerprint density at radius 3 is 2.50 bits per heavy atom. The molecule has 2 radical (unpaired) electrons. The summed E-state index contributed by atoms with van der Waals surface area (Å²) in [6, 6.07) is 14.1. The third-order valence-corrected chi connectivity index (χ3v) is 7.24. The number of hydrogen-bond acceptors (Lipinski definition) is 4. The minimum atomic E-state index is -3.56. The van der Waals surface area contributed by atoms with Crippen molar-refractivity contribution in [2.24, 2.45) is 5.92 Å². The molecule has 0 aromatic heterocycles. The van der Waals surface area contributed by atoms with Gasteiger partial charge in [-0.15, -0.1) is 0 Å². The molecule has 7 heteroatoms. The van der Waals surface area contributed by atoms with Crippen molar-refractivity contribution >= 4 is 42.6 Å². The fourth-order valence-electron chi connectivity index (χ4n) is 2.96. The van der Waals surface area contributed by atoms with Crippen LogP contribution >= 0.6 is 0 Å². The zero-order valence-electron chi connectivity index (χ0n) is 14.8. The topological polar surface area (TPSA) is 58.6 Å². The summed E-state index contributed by atoms with van der Waals surface area (Å²) in [6.45, 7) is 2.58. The molecule has 0 saturated carbocycles. The number of hydrogen-bond donors (Lipinski definition) is 1. The van der Waals surface area contributed by atoms with E-state index in [-0.39, 0.29) is 4.90 Å². The monoisotopic (exact) mass is 434 g/mol. The van der Waals surface area contributed by atoms with Crippen LogP contribution in [0.2, 0.25) is 0 Å². The Morgan fingerprint density at radius 1 is 1.15 bits per heavy atom. The zero-order valence-corrected chi connectivity index (χ0v) is 17.5. The van der Waals surface area contributed by atoms with Crippen molar-refractivity contribution in [3.63, 3.8) is 0 Å². The fraction of sp³-hybridized carbons (Fsp3) is 0.368. The summed E-state index contributed by atoms with van der Waals surface area (Å²) in [5.41, 5.74) is 1.66. The molecule has 0 spiro atoms. The van der Waals surface area contributed by atoms with Crippen LogP contribution in [0, 0.1) is 5.92 Å². The third-order valence-electron chi connectivity index (χ3n) is 4.67. The Hall–Kier alpha value is -1.49. The number of rotatable bonds is 6. The average molecular weight is 434 g/mol. The first-order valence-electron chi connectivity index (χ1n) is 8.67. The van der Waals surface area contributed by atoms with Crippen molar-refractivity contribution < 1.29 is 13.2 Å². The first kappa shape index (κ1) is 19.3. The Morgan fingerprint density at radius 2 is 1.85 bits per heavy atom. The van der Waals surface area contributed by atoms with E-state index in [1.165, 1.54) is 4.31 Å². The van der Waals surface area contributed by atoms with Gasteiger partial charge in [0.1, 0.15) is 0 Å². The molecule has 1 saturated heterocycles. The van der Waals surface area contributed by atoms with Crippen molar-refractivity contribution in [2.75, 3.05) is 36.4 Å². The minimum absolute atomic E-state index is 0.288. The molecule has 138 valence electrons. The molecule has 0 atom stereocenters. The van der Waals surface area contributed by atoms with E-state index in [2.05, 4.69) is 22.2 Å². The van der Waals surface area contributed by atoms with Crippen molar-refractivity contribution in [1.29, 1.82) is 0 Å². The van der Waals surface area contributed by atoms with Crippen LogP contribution in [0.4, 0.5) is 11.4 Å². The maximum atomic E-state index is 12.8. The summed E-state index contributed by atoms with van der Waals surface area (Å²) in [5, 5.41) is 3.48. The van der Waals surface area contributed by atoms with Gasteiger partial charge in [-0.25, -0.2) is 0 Å². The summed E-state index contributed by atoms with van der Waals surface area (Å²) in [7, 11) is -1.98. The van der Waals surface area contributed by atoms with Gasteiger partial charge in [0.15, 0.2) is 0 Å². The van der Waals surface area contributed by atoms with E-state index >= 15 is 0 Å². The van der Waals surface area contributed by atoms with E-state index in [1.807, 2.05) is 18.2 Å². The number of nitrogens with one attached hydrogen (secondary N) is 1. The molecule has 0 amide bonds. The van der Waals surface area contributed by atoms with Crippen molar-refractivity contribution in [3.8, 4) is 0 Å². The number of nitrogens with zero attached hydrogens (tertiary/aromatic N) is 1. The van der Waals surface area contributed by atoms with Gasteiger partial charge < -0.3 is 0 Å². The Labute approximate surface area is 164 Å². The molecule has 2 aromatic carbocycles. The van der Waals surface area contributed by atoms with Gasteiger partial charge in [0.25, 0.3) is 0 Å². The molecular weight excluding hydrogens is 411 g/mol. The van der Waals surface area contributed by atoms with Crippen molar-refractivity contribution in [1.82, 2.24) is 0 Å². The summed E-state index contributed by atoms with van der Waals surface area (Å²) >= 11 is 2.52. The molecule has 0 bridgehead atoms. The van der Waals surface area contributed by atoms with Gasteiger partial charge in [0.05, 0.1) is 0 Å². The van der Waals surface area contributed by atoms with Crippen LogP contribution < -0.4 is 14.0 Å². The van der Waals surface area contributed by atoms with E-state index in [4.69, 9.17) is 4.74 Å². The predicted octanol–water partition coefficient (Wildman–Crippen LogP) is 2.14.